The summed E-state index contributed by atoms with van der Waals surface area (Å²) in [5.41, 5.74) is 0. The van der Waals surface area contributed by atoms with Crippen LogP contribution < -0.4 is 0 Å². The van der Waals surface area contributed by atoms with Gasteiger partial charge in [0.2, 0.25) is 0 Å². The number of ether oxygens (including phenoxy) is 3. The maximum atomic E-state index is 12.8. The zero-order valence-electron chi connectivity index (χ0n) is 41.1. The Labute approximate surface area is 374 Å². The zero-order valence-corrected chi connectivity index (χ0v) is 41.1. The van der Waals surface area contributed by atoms with E-state index in [0.29, 0.717) is 19.3 Å². The van der Waals surface area contributed by atoms with Gasteiger partial charge in [-0.1, -0.05) is 259 Å². The van der Waals surface area contributed by atoms with Crippen LogP contribution in [0.5, 0.6) is 0 Å². The first-order valence-electron chi connectivity index (χ1n) is 26.7. The zero-order chi connectivity index (χ0) is 44.0. The van der Waals surface area contributed by atoms with Gasteiger partial charge in [0.25, 0.3) is 0 Å². The molecule has 0 bridgehead atoms. The Hall–Kier alpha value is -1.59. The first-order chi connectivity index (χ1) is 29.2. The first-order valence-corrected chi connectivity index (χ1v) is 26.7. The number of hydrogen-bond acceptors (Lipinski definition) is 6. The number of carbonyl (C=O) groups excluding carboxylic acids is 3. The average Bonchev–Trinajstić information content (AvgIpc) is 3.22. The summed E-state index contributed by atoms with van der Waals surface area (Å²) in [5, 5.41) is 0. The molecule has 60 heavy (non-hydrogen) atoms. The van der Waals surface area contributed by atoms with Crippen molar-refractivity contribution < 1.29 is 28.6 Å². The van der Waals surface area contributed by atoms with E-state index in [1.165, 1.54) is 186 Å². The lowest BCUT2D eigenvalue weighted by Gasteiger charge is -2.18. The third-order valence-corrected chi connectivity index (χ3v) is 12.2. The second-order valence-corrected chi connectivity index (χ2v) is 19.5. The molecule has 0 N–H and O–H groups in total. The van der Waals surface area contributed by atoms with Gasteiger partial charge in [-0.05, 0) is 31.1 Å². The Kier molecular flexibility index (Phi) is 45.7. The molecule has 0 aliphatic heterocycles. The molecule has 0 heterocycles. The lowest BCUT2D eigenvalue weighted by atomic mass is 10.0. The normalized spacial score (nSPS) is 12.1. The molecule has 0 saturated heterocycles. The third kappa shape index (κ3) is 47.5. The van der Waals surface area contributed by atoms with E-state index in [2.05, 4.69) is 34.6 Å². The molecule has 1 atom stereocenters. The van der Waals surface area contributed by atoms with Crippen molar-refractivity contribution in [3.63, 3.8) is 0 Å². The number of carbonyl (C=O) groups is 3. The summed E-state index contributed by atoms with van der Waals surface area (Å²) >= 11 is 0. The summed E-state index contributed by atoms with van der Waals surface area (Å²) in [6.45, 7) is 11.3. The average molecular weight is 849 g/mol. The van der Waals surface area contributed by atoms with Crippen molar-refractivity contribution in [1.82, 2.24) is 0 Å². The van der Waals surface area contributed by atoms with Crippen LogP contribution in [0.3, 0.4) is 0 Å². The molecule has 0 saturated carbocycles. The number of rotatable bonds is 48. The van der Waals surface area contributed by atoms with Gasteiger partial charge >= 0.3 is 17.9 Å². The summed E-state index contributed by atoms with van der Waals surface area (Å²) < 4.78 is 16.8. The van der Waals surface area contributed by atoms with E-state index in [0.717, 1.165) is 69.6 Å². The Balaban J connectivity index is 4.17. The van der Waals surface area contributed by atoms with Gasteiger partial charge in [-0.3, -0.25) is 14.4 Å². The van der Waals surface area contributed by atoms with Crippen LogP contribution in [0.2, 0.25) is 0 Å². The smallest absolute Gasteiger partial charge is 0.306 e. The van der Waals surface area contributed by atoms with Crippen molar-refractivity contribution in [3.8, 4) is 0 Å². The second kappa shape index (κ2) is 46.9. The highest BCUT2D eigenvalue weighted by atomic mass is 16.6. The van der Waals surface area contributed by atoms with Crippen molar-refractivity contribution >= 4 is 17.9 Å². The molecule has 6 nitrogen and oxygen atoms in total. The number of hydrogen-bond donors (Lipinski definition) is 0. The van der Waals surface area contributed by atoms with Crippen LogP contribution in [-0.2, 0) is 28.6 Å². The van der Waals surface area contributed by atoms with E-state index in [1.54, 1.807) is 0 Å². The summed E-state index contributed by atoms with van der Waals surface area (Å²) in [4.78, 5) is 37.9. The molecule has 0 spiro atoms. The molecule has 356 valence electrons. The lowest BCUT2D eigenvalue weighted by molar-refractivity contribution is -0.167. The van der Waals surface area contributed by atoms with E-state index in [-0.39, 0.29) is 31.1 Å². The fraction of sp³-hybridized carbons (Fsp3) is 0.944. The molecule has 0 radical (unpaired) electrons. The van der Waals surface area contributed by atoms with Gasteiger partial charge in [0.05, 0.1) is 0 Å². The molecular formula is C54H104O6. The molecule has 0 unspecified atom stereocenters. The molecule has 0 rings (SSSR count). The molecule has 0 amide bonds. The summed E-state index contributed by atoms with van der Waals surface area (Å²) in [6, 6.07) is 0. The Morgan fingerprint density at radius 1 is 0.317 bits per heavy atom. The van der Waals surface area contributed by atoms with Crippen LogP contribution in [0.15, 0.2) is 0 Å². The van der Waals surface area contributed by atoms with Crippen molar-refractivity contribution in [2.45, 2.75) is 304 Å². The molecule has 0 aromatic carbocycles. The van der Waals surface area contributed by atoms with Gasteiger partial charge in [-0.15, -0.1) is 0 Å². The topological polar surface area (TPSA) is 78.9 Å². The van der Waals surface area contributed by atoms with E-state index in [4.69, 9.17) is 14.2 Å². The fourth-order valence-electron chi connectivity index (χ4n) is 8.17. The maximum absolute atomic E-state index is 12.8. The van der Waals surface area contributed by atoms with Crippen molar-refractivity contribution in [2.24, 2.45) is 11.8 Å². The summed E-state index contributed by atoms with van der Waals surface area (Å²) in [7, 11) is 0. The monoisotopic (exact) mass is 849 g/mol. The van der Waals surface area contributed by atoms with Crippen LogP contribution in [0, 0.1) is 11.8 Å². The molecule has 0 aromatic heterocycles. The third-order valence-electron chi connectivity index (χ3n) is 12.2. The minimum absolute atomic E-state index is 0.0641. The summed E-state index contributed by atoms with van der Waals surface area (Å²) in [6.07, 6.45) is 48.3. The quantitative estimate of drug-likeness (QED) is 0.0345. The predicted molar refractivity (Wildman–Crippen MR) is 256 cm³/mol. The van der Waals surface area contributed by atoms with Gasteiger partial charge in [0.15, 0.2) is 6.10 Å². The molecule has 0 aromatic rings. The largest absolute Gasteiger partial charge is 0.462 e. The van der Waals surface area contributed by atoms with E-state index < -0.39 is 6.10 Å². The number of unbranched alkanes of at least 4 members (excludes halogenated alkanes) is 33. The van der Waals surface area contributed by atoms with E-state index in [9.17, 15) is 14.4 Å². The fourth-order valence-corrected chi connectivity index (χ4v) is 8.17. The Morgan fingerprint density at radius 3 is 0.817 bits per heavy atom. The number of esters is 3. The van der Waals surface area contributed by atoms with Crippen molar-refractivity contribution in [1.29, 1.82) is 0 Å². The highest BCUT2D eigenvalue weighted by Crippen LogP contribution is 2.18. The van der Waals surface area contributed by atoms with Crippen LogP contribution in [0.4, 0.5) is 0 Å². The molecule has 0 fully saturated rings. The van der Waals surface area contributed by atoms with Crippen molar-refractivity contribution in [3.05, 3.63) is 0 Å². The molecule has 6 heteroatoms. The molecule has 0 aliphatic carbocycles. The molecular weight excluding hydrogens is 745 g/mol. The van der Waals surface area contributed by atoms with E-state index >= 15 is 0 Å². The van der Waals surface area contributed by atoms with Gasteiger partial charge < -0.3 is 14.2 Å². The maximum Gasteiger partial charge on any atom is 0.306 e. The van der Waals surface area contributed by atoms with E-state index in [1.807, 2.05) is 0 Å². The highest BCUT2D eigenvalue weighted by Gasteiger charge is 2.19. The second-order valence-electron chi connectivity index (χ2n) is 19.5. The minimum Gasteiger partial charge on any atom is -0.462 e. The first kappa shape index (κ1) is 58.4. The van der Waals surface area contributed by atoms with Crippen LogP contribution in [0.25, 0.3) is 0 Å². The van der Waals surface area contributed by atoms with Crippen LogP contribution in [0.1, 0.15) is 298 Å². The Morgan fingerprint density at radius 2 is 0.550 bits per heavy atom. The summed E-state index contributed by atoms with van der Waals surface area (Å²) in [5.74, 6) is 0.771. The SMILES string of the molecule is CCCCCCCCCCCCCCC(=O)O[C@H](COC(=O)CCCCCCCCCCCCCCCCCCCCC(C)C)COC(=O)CCCCCCCCC(C)C. The van der Waals surface area contributed by atoms with Gasteiger partial charge in [0.1, 0.15) is 13.2 Å². The lowest BCUT2D eigenvalue weighted by Crippen LogP contribution is -2.30. The van der Waals surface area contributed by atoms with Crippen LogP contribution >= 0.6 is 0 Å². The van der Waals surface area contributed by atoms with Crippen LogP contribution in [-0.4, -0.2) is 37.2 Å². The standard InChI is InChI=1S/C54H104O6/c1-6-7-8-9-10-11-12-22-26-29-36-41-46-54(57)60-51(48-59-53(56)45-40-35-31-30-33-38-43-50(4)5)47-58-52(55)44-39-34-28-25-23-20-18-16-14-13-15-17-19-21-24-27-32-37-42-49(2)3/h49-51H,6-48H2,1-5H3/t51-/m1/s1. The van der Waals surface area contributed by atoms with Crippen molar-refractivity contribution in [2.75, 3.05) is 13.2 Å². The van der Waals surface area contributed by atoms with Gasteiger partial charge in [0, 0.05) is 19.3 Å². The minimum atomic E-state index is -0.761. The molecule has 0 aliphatic rings. The highest BCUT2D eigenvalue weighted by molar-refractivity contribution is 5.71. The predicted octanol–water partition coefficient (Wildman–Crippen LogP) is 17.3. The Bertz CT molecular complexity index is 916. The van der Waals surface area contributed by atoms with Gasteiger partial charge in [-0.2, -0.15) is 0 Å². The van der Waals surface area contributed by atoms with Gasteiger partial charge in [-0.25, -0.2) is 0 Å².